The maximum absolute atomic E-state index is 5.49. The van der Waals surface area contributed by atoms with Crippen LogP contribution in [0.4, 0.5) is 0 Å². The Morgan fingerprint density at radius 1 is 1.33 bits per heavy atom. The lowest BCUT2D eigenvalue weighted by Crippen LogP contribution is -2.33. The van der Waals surface area contributed by atoms with Crippen molar-refractivity contribution in [3.8, 4) is 5.75 Å². The van der Waals surface area contributed by atoms with E-state index in [1.54, 1.807) is 0 Å². The summed E-state index contributed by atoms with van der Waals surface area (Å²) in [4.78, 5) is 0. The quantitative estimate of drug-likeness (QED) is 0.735. The Labute approximate surface area is 89.9 Å². The molecule has 0 saturated carbocycles. The number of rotatable bonds is 2. The van der Waals surface area contributed by atoms with E-state index < -0.39 is 0 Å². The van der Waals surface area contributed by atoms with E-state index >= 15 is 0 Å². The first-order valence-electron chi connectivity index (χ1n) is 5.55. The van der Waals surface area contributed by atoms with Gasteiger partial charge in [-0.3, -0.25) is 0 Å². The predicted molar refractivity (Wildman–Crippen MR) is 60.3 cm³/mol. The molecule has 2 nitrogen and oxygen atoms in total. The maximum atomic E-state index is 5.49. The Morgan fingerprint density at radius 3 is 3.07 bits per heavy atom. The van der Waals surface area contributed by atoms with Gasteiger partial charge in [-0.2, -0.15) is 0 Å². The average molecular weight is 201 g/mol. The van der Waals surface area contributed by atoms with Crippen molar-refractivity contribution in [1.29, 1.82) is 0 Å². The van der Waals surface area contributed by atoms with Crippen molar-refractivity contribution in [2.75, 3.05) is 19.7 Å². The van der Waals surface area contributed by atoms with Gasteiger partial charge in [0.2, 0.25) is 0 Å². The average Bonchev–Trinajstić information content (AvgIpc) is 2.62. The molecule has 0 aromatic heterocycles. The van der Waals surface area contributed by atoms with Gasteiger partial charge in [0.05, 0.1) is 6.61 Å². The molecule has 0 unspecified atom stereocenters. The van der Waals surface area contributed by atoms with E-state index in [4.69, 9.17) is 4.74 Å². The zero-order valence-electron chi connectivity index (χ0n) is 8.75. The lowest BCUT2D eigenvalue weighted by atomic mass is 10.0. The molecule has 2 heteroatoms. The third-order valence-electron chi connectivity index (χ3n) is 3.08. The normalized spacial score (nSPS) is 18.0. The highest BCUT2D eigenvalue weighted by Gasteiger charge is 2.12. The molecule has 1 aromatic rings. The van der Waals surface area contributed by atoms with Crippen molar-refractivity contribution < 1.29 is 4.74 Å². The molecule has 1 fully saturated rings. The van der Waals surface area contributed by atoms with Gasteiger partial charge in [-0.1, -0.05) is 18.2 Å². The van der Waals surface area contributed by atoms with Crippen molar-refractivity contribution in [3.63, 3.8) is 0 Å². The highest BCUT2D eigenvalue weighted by molar-refractivity contribution is 5.40. The van der Waals surface area contributed by atoms with Crippen LogP contribution in [0.15, 0.2) is 29.8 Å². The molecule has 0 spiro atoms. The summed E-state index contributed by atoms with van der Waals surface area (Å²) < 4.78 is 5.49. The lowest BCUT2D eigenvalue weighted by molar-refractivity contribution is 0.357. The molecular weight excluding hydrogens is 186 g/mol. The van der Waals surface area contributed by atoms with Crippen LogP contribution in [-0.2, 0) is 12.8 Å². The molecule has 0 amide bonds. The second kappa shape index (κ2) is 3.70. The van der Waals surface area contributed by atoms with Crippen LogP contribution in [0.5, 0.6) is 5.75 Å². The number of ether oxygens (including phenoxy) is 1. The summed E-state index contributed by atoms with van der Waals surface area (Å²) in [6.45, 7) is 3.01. The van der Waals surface area contributed by atoms with Gasteiger partial charge in [-0.15, -0.1) is 0 Å². The van der Waals surface area contributed by atoms with Crippen LogP contribution in [0.25, 0.3) is 0 Å². The summed E-state index contributed by atoms with van der Waals surface area (Å²) in [5.41, 5.74) is 4.31. The van der Waals surface area contributed by atoms with E-state index in [0.717, 1.165) is 38.3 Å². The minimum atomic E-state index is 0.851. The van der Waals surface area contributed by atoms with Crippen molar-refractivity contribution in [2.24, 2.45) is 0 Å². The summed E-state index contributed by atoms with van der Waals surface area (Å²) >= 11 is 0. The molecule has 2 aliphatic heterocycles. The molecule has 3 rings (SSSR count). The summed E-state index contributed by atoms with van der Waals surface area (Å²) in [6.07, 6.45) is 4.47. The van der Waals surface area contributed by atoms with Crippen molar-refractivity contribution >= 4 is 0 Å². The summed E-state index contributed by atoms with van der Waals surface area (Å²) in [5, 5.41) is 3.25. The number of hydrogen-bond donors (Lipinski definition) is 1. The highest BCUT2D eigenvalue weighted by atomic mass is 16.5. The fourth-order valence-electron chi connectivity index (χ4n) is 2.04. The second-order valence-electron chi connectivity index (χ2n) is 4.21. The molecular formula is C13H15NO. The molecule has 15 heavy (non-hydrogen) atoms. The highest BCUT2D eigenvalue weighted by Crippen LogP contribution is 2.26. The molecule has 78 valence electrons. The van der Waals surface area contributed by atoms with Crippen molar-refractivity contribution in [3.05, 3.63) is 41.0 Å². The fraction of sp³-hybridized carbons (Fsp3) is 0.385. The zero-order chi connectivity index (χ0) is 10.1. The van der Waals surface area contributed by atoms with Gasteiger partial charge in [-0.25, -0.2) is 0 Å². The van der Waals surface area contributed by atoms with Crippen LogP contribution in [0.3, 0.4) is 0 Å². The van der Waals surface area contributed by atoms with E-state index in [1.807, 2.05) is 0 Å². The Morgan fingerprint density at radius 2 is 2.27 bits per heavy atom. The topological polar surface area (TPSA) is 21.3 Å². The van der Waals surface area contributed by atoms with Gasteiger partial charge < -0.3 is 10.1 Å². The zero-order valence-corrected chi connectivity index (χ0v) is 8.75. The number of nitrogens with one attached hydrogen (secondary N) is 1. The molecule has 1 aromatic carbocycles. The first-order chi connectivity index (χ1) is 7.42. The van der Waals surface area contributed by atoms with Gasteiger partial charge in [0, 0.05) is 19.5 Å². The Bertz CT molecular complexity index is 403. The van der Waals surface area contributed by atoms with Crippen LogP contribution in [0, 0.1) is 0 Å². The Hall–Kier alpha value is -1.28. The maximum Gasteiger partial charge on any atom is 0.122 e. The minimum Gasteiger partial charge on any atom is -0.493 e. The number of fused-ring (bicyclic) bond motifs is 1. The molecule has 2 aliphatic rings. The first kappa shape index (κ1) is 8.98. The van der Waals surface area contributed by atoms with Crippen LogP contribution >= 0.6 is 0 Å². The van der Waals surface area contributed by atoms with Gasteiger partial charge in [0.25, 0.3) is 0 Å². The Kier molecular flexibility index (Phi) is 2.22. The fourth-order valence-corrected chi connectivity index (χ4v) is 2.04. The van der Waals surface area contributed by atoms with Gasteiger partial charge in [-0.05, 0) is 29.2 Å². The molecule has 0 aliphatic carbocycles. The minimum absolute atomic E-state index is 0.851. The number of hydrogen-bond acceptors (Lipinski definition) is 2. The second-order valence-corrected chi connectivity index (χ2v) is 4.21. The molecule has 0 bridgehead atoms. The number of benzene rings is 1. The van der Waals surface area contributed by atoms with E-state index in [1.165, 1.54) is 16.7 Å². The number of allylic oxidation sites excluding steroid dienone is 1. The molecule has 0 radical (unpaired) electrons. The molecule has 0 atom stereocenters. The van der Waals surface area contributed by atoms with Gasteiger partial charge in [0.1, 0.15) is 5.75 Å². The van der Waals surface area contributed by atoms with E-state index in [0.29, 0.717) is 0 Å². The van der Waals surface area contributed by atoms with Gasteiger partial charge >= 0.3 is 0 Å². The Balaban J connectivity index is 1.75. The summed E-state index contributed by atoms with van der Waals surface area (Å²) in [6, 6.07) is 6.56. The molecule has 1 N–H and O–H groups in total. The van der Waals surface area contributed by atoms with Crippen LogP contribution in [0.1, 0.15) is 11.1 Å². The van der Waals surface area contributed by atoms with Crippen molar-refractivity contribution in [2.45, 2.75) is 12.8 Å². The summed E-state index contributed by atoms with van der Waals surface area (Å²) in [5.74, 6) is 1.08. The standard InChI is InChI=1S/C13H15NO/c1(2-11-8-14-9-11)10-3-4-13-12(7-10)5-6-15-13/h2-4,7,14H,1,5-6,8-9H2. The lowest BCUT2D eigenvalue weighted by Gasteiger charge is -2.18. The third kappa shape index (κ3) is 1.77. The van der Waals surface area contributed by atoms with Crippen molar-refractivity contribution in [1.82, 2.24) is 5.32 Å². The van der Waals surface area contributed by atoms with Crippen LogP contribution in [0.2, 0.25) is 0 Å². The monoisotopic (exact) mass is 201 g/mol. The predicted octanol–water partition coefficient (Wildman–Crippen LogP) is 1.69. The van der Waals surface area contributed by atoms with E-state index in [9.17, 15) is 0 Å². The smallest absolute Gasteiger partial charge is 0.122 e. The van der Waals surface area contributed by atoms with Crippen LogP contribution < -0.4 is 10.1 Å². The van der Waals surface area contributed by atoms with Gasteiger partial charge in [0.15, 0.2) is 0 Å². The third-order valence-corrected chi connectivity index (χ3v) is 3.08. The summed E-state index contributed by atoms with van der Waals surface area (Å²) in [7, 11) is 0. The largest absolute Gasteiger partial charge is 0.493 e. The first-order valence-corrected chi connectivity index (χ1v) is 5.55. The SMILES string of the molecule is C(Cc1ccc2c(c1)CCO2)=C1CNC1. The van der Waals surface area contributed by atoms with E-state index in [-0.39, 0.29) is 0 Å². The van der Waals surface area contributed by atoms with Crippen LogP contribution in [-0.4, -0.2) is 19.7 Å². The van der Waals surface area contributed by atoms with E-state index in [2.05, 4.69) is 29.6 Å². The molecule has 1 saturated heterocycles. The molecule has 2 heterocycles.